The molecule has 74 heavy (non-hydrogen) atoms. The second-order valence-corrected chi connectivity index (χ2v) is 17.6. The molecule has 0 aromatic heterocycles. The average Bonchev–Trinajstić information content (AvgIpc) is 3.36. The Balaban J connectivity index is 1.30. The molecular formula is C51H67N9O14. The molecule has 3 atom stereocenters. The van der Waals surface area contributed by atoms with Crippen LogP contribution >= 0.6 is 0 Å². The second-order valence-electron chi connectivity index (χ2n) is 17.6. The molecule has 0 aliphatic carbocycles. The van der Waals surface area contributed by atoms with Crippen molar-refractivity contribution in [2.24, 2.45) is 11.8 Å². The minimum atomic E-state index is -1.05. The molecule has 4 aromatic carbocycles. The predicted octanol–water partition coefficient (Wildman–Crippen LogP) is 3.06. The van der Waals surface area contributed by atoms with E-state index in [-0.39, 0.29) is 85.3 Å². The summed E-state index contributed by atoms with van der Waals surface area (Å²) >= 11 is 0. The molecule has 0 heterocycles. The Kier molecular flexibility index (Phi) is 22.7. The number of benzene rings is 4. The van der Waals surface area contributed by atoms with Crippen LogP contribution in [0.4, 0.5) is 17.1 Å². The van der Waals surface area contributed by atoms with Crippen LogP contribution in [0.1, 0.15) is 87.9 Å². The lowest BCUT2D eigenvalue weighted by Crippen LogP contribution is -2.54. The van der Waals surface area contributed by atoms with Crippen LogP contribution < -0.4 is 67.2 Å². The maximum Gasteiger partial charge on any atom is 0.273 e. The number of aliphatic hydroxyl groups is 2. The molecule has 8 amide bonds. The standard InChI is InChI=1S/C51H67N9O14/c1-28(2)46(50(69)59-57-48(67)38-24-34(53-30(5)62)14-17-41(38)71-7)55-44(65)11-9-19-73-37-16-13-32-22-40(52-26-36(64)27-61)43(23-33(32)21-37)74-20-10-12-45(66)56-47(29(3)4)51(70)60-58-49(68)39-25-35(54-31(6)63)15-18-42(39)72-8/h13-18,21-25,28-29,36,46-47,52,61,64H,9-12,19-20,26-27H2,1-8H3,(H,53,62)(H,54,63)(H,55,65)(H,56,66)(H,57,67)(H,58,68)(H,59,69)(H,60,70)/t36?,46-,47-/m0/s1. The summed E-state index contributed by atoms with van der Waals surface area (Å²) in [6, 6.07) is 15.8. The summed E-state index contributed by atoms with van der Waals surface area (Å²) < 4.78 is 22.6. The molecule has 4 aromatic rings. The van der Waals surface area contributed by atoms with Gasteiger partial charge in [-0.25, -0.2) is 0 Å². The van der Waals surface area contributed by atoms with Gasteiger partial charge < -0.3 is 55.7 Å². The molecule has 0 spiro atoms. The van der Waals surface area contributed by atoms with Crippen LogP contribution in [0.5, 0.6) is 23.0 Å². The molecule has 0 fully saturated rings. The van der Waals surface area contributed by atoms with Crippen LogP contribution in [-0.2, 0) is 28.8 Å². The van der Waals surface area contributed by atoms with Gasteiger partial charge >= 0.3 is 0 Å². The number of aliphatic hydroxyl groups excluding tert-OH is 2. The van der Waals surface area contributed by atoms with Crippen LogP contribution in [0, 0.1) is 11.8 Å². The number of hydrogen-bond donors (Lipinski definition) is 11. The number of carbonyl (C=O) groups is 8. The van der Waals surface area contributed by atoms with Gasteiger partial charge in [-0.2, -0.15) is 0 Å². The van der Waals surface area contributed by atoms with Gasteiger partial charge in [0.15, 0.2) is 0 Å². The fraction of sp³-hybridized carbons (Fsp3) is 0.412. The monoisotopic (exact) mass is 1030 g/mol. The Hall–Kier alpha value is -8.18. The first-order valence-corrected chi connectivity index (χ1v) is 23.8. The molecule has 11 N–H and O–H groups in total. The number of hydrogen-bond acceptors (Lipinski definition) is 15. The van der Waals surface area contributed by atoms with Crippen LogP contribution in [0.25, 0.3) is 10.8 Å². The van der Waals surface area contributed by atoms with Crippen molar-refractivity contribution in [3.8, 4) is 23.0 Å². The molecule has 0 aliphatic heterocycles. The lowest BCUT2D eigenvalue weighted by molar-refractivity contribution is -0.130. The zero-order valence-electron chi connectivity index (χ0n) is 42.7. The van der Waals surface area contributed by atoms with E-state index in [1.54, 1.807) is 64.1 Å². The quantitative estimate of drug-likeness (QED) is 0.0318. The molecule has 0 saturated heterocycles. The summed E-state index contributed by atoms with van der Waals surface area (Å²) in [7, 11) is 2.74. The molecule has 0 aliphatic rings. The number of methoxy groups -OCH3 is 2. The van der Waals surface area contributed by atoms with E-state index in [9.17, 15) is 48.6 Å². The van der Waals surface area contributed by atoms with Crippen molar-refractivity contribution in [2.45, 2.75) is 85.4 Å². The van der Waals surface area contributed by atoms with Gasteiger partial charge in [0.2, 0.25) is 23.6 Å². The van der Waals surface area contributed by atoms with Crippen LogP contribution in [0.15, 0.2) is 66.7 Å². The molecule has 0 radical (unpaired) electrons. The molecule has 400 valence electrons. The van der Waals surface area contributed by atoms with E-state index in [4.69, 9.17) is 18.9 Å². The molecule has 0 bridgehead atoms. The number of carbonyl (C=O) groups excluding carboxylic acids is 8. The van der Waals surface area contributed by atoms with Gasteiger partial charge in [-0.3, -0.25) is 60.1 Å². The third-order valence-corrected chi connectivity index (χ3v) is 10.9. The Bertz CT molecular complexity index is 2640. The second kappa shape index (κ2) is 28.8. The van der Waals surface area contributed by atoms with Gasteiger partial charge in [-0.05, 0) is 96.1 Å². The Labute approximate surface area is 428 Å². The molecule has 0 saturated carbocycles. The minimum Gasteiger partial charge on any atom is -0.496 e. The number of rotatable bonds is 26. The number of anilines is 3. The molecule has 23 nitrogen and oxygen atoms in total. The summed E-state index contributed by atoms with van der Waals surface area (Å²) in [4.78, 5) is 101. The number of fused-ring (bicyclic) bond motifs is 1. The van der Waals surface area contributed by atoms with E-state index < -0.39 is 60.2 Å². The SMILES string of the molecule is COc1ccc(NC(C)=O)cc1C(=O)NNC(=O)[C@@H](NC(=O)CCCOc1ccc2cc(NCC(O)CO)c(OCCCC(=O)N[C@H](C(=O)NNC(=O)c3cc(NC(C)=O)ccc3OC)C(C)C)cc2c1)C(C)C. The highest BCUT2D eigenvalue weighted by Crippen LogP contribution is 2.33. The fourth-order valence-corrected chi connectivity index (χ4v) is 7.15. The Morgan fingerprint density at radius 3 is 1.50 bits per heavy atom. The van der Waals surface area contributed by atoms with Gasteiger partial charge in [-0.1, -0.05) is 33.8 Å². The number of nitrogens with one attached hydrogen (secondary N) is 9. The van der Waals surface area contributed by atoms with Crippen molar-refractivity contribution < 1.29 is 67.5 Å². The van der Waals surface area contributed by atoms with Gasteiger partial charge in [0.1, 0.15) is 35.1 Å². The molecule has 4 rings (SSSR count). The largest absolute Gasteiger partial charge is 0.496 e. The third kappa shape index (κ3) is 18.1. The van der Waals surface area contributed by atoms with E-state index in [1.807, 2.05) is 6.07 Å². The van der Waals surface area contributed by atoms with E-state index in [0.29, 0.717) is 35.0 Å². The Morgan fingerprint density at radius 2 is 1.05 bits per heavy atom. The highest BCUT2D eigenvalue weighted by atomic mass is 16.5. The highest BCUT2D eigenvalue weighted by molar-refractivity contribution is 6.02. The van der Waals surface area contributed by atoms with Crippen molar-refractivity contribution in [3.05, 3.63) is 77.9 Å². The van der Waals surface area contributed by atoms with Crippen molar-refractivity contribution >= 4 is 75.1 Å². The number of hydrazine groups is 2. The van der Waals surface area contributed by atoms with Gasteiger partial charge in [-0.15, -0.1) is 0 Å². The predicted molar refractivity (Wildman–Crippen MR) is 274 cm³/mol. The van der Waals surface area contributed by atoms with Crippen LogP contribution in [0.3, 0.4) is 0 Å². The van der Waals surface area contributed by atoms with Gasteiger partial charge in [0.05, 0.1) is 57.0 Å². The third-order valence-electron chi connectivity index (χ3n) is 10.9. The summed E-state index contributed by atoms with van der Waals surface area (Å²) in [6.45, 7) is 9.33. The summed E-state index contributed by atoms with van der Waals surface area (Å²) in [5, 5.41) is 34.6. The van der Waals surface area contributed by atoms with E-state index in [1.165, 1.54) is 52.3 Å². The first-order chi connectivity index (χ1) is 35.2. The van der Waals surface area contributed by atoms with Crippen LogP contribution in [0.2, 0.25) is 0 Å². The summed E-state index contributed by atoms with van der Waals surface area (Å²) in [5.74, 6) is -3.74. The van der Waals surface area contributed by atoms with Crippen molar-refractivity contribution in [3.63, 3.8) is 0 Å². The lowest BCUT2D eigenvalue weighted by Gasteiger charge is -2.22. The Morgan fingerprint density at radius 1 is 0.568 bits per heavy atom. The van der Waals surface area contributed by atoms with E-state index in [0.717, 1.165) is 10.8 Å². The molecular weight excluding hydrogens is 963 g/mol. The number of amides is 8. The fourth-order valence-electron chi connectivity index (χ4n) is 7.15. The van der Waals surface area contributed by atoms with Crippen LogP contribution in [-0.4, -0.2) is 116 Å². The zero-order valence-corrected chi connectivity index (χ0v) is 42.7. The smallest absolute Gasteiger partial charge is 0.273 e. The topological polar surface area (TPSA) is 322 Å². The maximum atomic E-state index is 13.2. The zero-order chi connectivity index (χ0) is 54.5. The maximum absolute atomic E-state index is 13.2. The van der Waals surface area contributed by atoms with E-state index >= 15 is 0 Å². The first-order valence-electron chi connectivity index (χ1n) is 23.8. The lowest BCUT2D eigenvalue weighted by atomic mass is 10.0. The average molecular weight is 1030 g/mol. The van der Waals surface area contributed by atoms with Crippen molar-refractivity contribution in [2.75, 3.05) is 56.5 Å². The minimum absolute atomic E-state index is 0.0114. The van der Waals surface area contributed by atoms with Crippen molar-refractivity contribution in [1.82, 2.24) is 32.3 Å². The molecule has 23 heteroatoms. The van der Waals surface area contributed by atoms with Gasteiger partial charge in [0.25, 0.3) is 23.6 Å². The van der Waals surface area contributed by atoms with Gasteiger partial charge in [0, 0.05) is 44.6 Å². The first kappa shape index (κ1) is 58.4. The molecule has 1 unspecified atom stereocenters. The van der Waals surface area contributed by atoms with Crippen molar-refractivity contribution in [1.29, 1.82) is 0 Å². The summed E-state index contributed by atoms with van der Waals surface area (Å²) in [5.41, 5.74) is 10.7. The highest BCUT2D eigenvalue weighted by Gasteiger charge is 2.27. The number of ether oxygens (including phenoxy) is 4. The summed E-state index contributed by atoms with van der Waals surface area (Å²) in [6.07, 6.45) is -0.530. The normalized spacial score (nSPS) is 12.1. The van der Waals surface area contributed by atoms with E-state index in [2.05, 4.69) is 48.3 Å².